The van der Waals surface area contributed by atoms with Crippen molar-refractivity contribution in [1.29, 1.82) is 0 Å². The van der Waals surface area contributed by atoms with E-state index in [0.29, 0.717) is 18.4 Å². The fourth-order valence-electron chi connectivity index (χ4n) is 2.19. The lowest BCUT2D eigenvalue weighted by Gasteiger charge is -2.22. The zero-order valence-corrected chi connectivity index (χ0v) is 15.0. The number of benzene rings is 2. The second-order valence-electron chi connectivity index (χ2n) is 5.37. The number of amides is 1. The second kappa shape index (κ2) is 8.13. The van der Waals surface area contributed by atoms with E-state index in [0.717, 1.165) is 22.7 Å². The molecule has 0 saturated heterocycles. The Morgan fingerprint density at radius 1 is 1.15 bits per heavy atom. The van der Waals surface area contributed by atoms with Gasteiger partial charge in [0.1, 0.15) is 23.9 Å². The molecule has 9 heteroatoms. The summed E-state index contributed by atoms with van der Waals surface area (Å²) >= 11 is 0. The Hall–Kier alpha value is -2.68. The molecule has 1 amide bonds. The molecule has 2 rings (SSSR count). The van der Waals surface area contributed by atoms with Crippen LogP contribution in [-0.4, -0.2) is 33.7 Å². The molecule has 0 radical (unpaired) electrons. The van der Waals surface area contributed by atoms with Crippen molar-refractivity contribution in [3.05, 3.63) is 54.1 Å². The molecule has 2 aromatic carbocycles. The van der Waals surface area contributed by atoms with E-state index in [1.165, 1.54) is 12.1 Å². The minimum atomic E-state index is -3.77. The van der Waals surface area contributed by atoms with Gasteiger partial charge in [-0.05, 0) is 43.3 Å². The van der Waals surface area contributed by atoms with Gasteiger partial charge in [0.25, 0.3) is 0 Å². The van der Waals surface area contributed by atoms with Gasteiger partial charge in [-0.2, -0.15) is 0 Å². The van der Waals surface area contributed by atoms with Crippen LogP contribution in [0.25, 0.3) is 0 Å². The summed E-state index contributed by atoms with van der Waals surface area (Å²) < 4.78 is 56.8. The van der Waals surface area contributed by atoms with Gasteiger partial charge >= 0.3 is 0 Å². The smallest absolute Gasteiger partial charge is 0.245 e. The number of sulfonamides is 1. The van der Waals surface area contributed by atoms with Crippen LogP contribution in [0.1, 0.15) is 6.92 Å². The molecule has 0 unspecified atom stereocenters. The predicted molar refractivity (Wildman–Crippen MR) is 94.8 cm³/mol. The second-order valence-corrected chi connectivity index (χ2v) is 7.28. The number of nitrogens with zero attached hydrogens (tertiary/aromatic N) is 1. The van der Waals surface area contributed by atoms with Crippen molar-refractivity contribution >= 4 is 27.3 Å². The molecule has 0 bridgehead atoms. The lowest BCUT2D eigenvalue weighted by Crippen LogP contribution is -2.37. The molecular formula is C17H18F2N2O4S. The normalized spacial score (nSPS) is 11.1. The third-order valence-corrected chi connectivity index (χ3v) is 4.47. The number of nitrogens with one attached hydrogen (secondary N) is 1. The first-order chi connectivity index (χ1) is 12.2. The summed E-state index contributed by atoms with van der Waals surface area (Å²) in [7, 11) is -3.77. The standard InChI is InChI=1S/C17H18F2N2O4S/c1-3-25-14-7-5-13(6-8-14)21(26(2,23)24)11-17(22)20-16-9-4-12(18)10-15(16)19/h4-10H,3,11H2,1-2H3,(H,20,22). The Morgan fingerprint density at radius 3 is 2.35 bits per heavy atom. The number of rotatable bonds is 7. The minimum Gasteiger partial charge on any atom is -0.494 e. The Labute approximate surface area is 150 Å². The molecule has 0 heterocycles. The number of hydrogen-bond acceptors (Lipinski definition) is 4. The lowest BCUT2D eigenvalue weighted by molar-refractivity contribution is -0.114. The van der Waals surface area contributed by atoms with E-state index in [4.69, 9.17) is 4.74 Å². The Kier molecular flexibility index (Phi) is 6.14. The fourth-order valence-corrected chi connectivity index (χ4v) is 3.04. The average Bonchev–Trinajstić information content (AvgIpc) is 2.55. The van der Waals surface area contributed by atoms with E-state index < -0.39 is 34.1 Å². The van der Waals surface area contributed by atoms with Crippen molar-refractivity contribution in [3.63, 3.8) is 0 Å². The monoisotopic (exact) mass is 384 g/mol. The Bertz CT molecular complexity index is 886. The molecule has 6 nitrogen and oxygen atoms in total. The molecule has 2 aromatic rings. The molecule has 0 aliphatic heterocycles. The average molecular weight is 384 g/mol. The first-order valence-electron chi connectivity index (χ1n) is 7.66. The SMILES string of the molecule is CCOc1ccc(N(CC(=O)Nc2ccc(F)cc2F)S(C)(=O)=O)cc1. The maximum atomic E-state index is 13.6. The van der Waals surface area contributed by atoms with Gasteiger partial charge < -0.3 is 10.1 Å². The highest BCUT2D eigenvalue weighted by molar-refractivity contribution is 7.92. The van der Waals surface area contributed by atoms with Crippen LogP contribution in [0.4, 0.5) is 20.2 Å². The van der Waals surface area contributed by atoms with Crippen LogP contribution in [0.2, 0.25) is 0 Å². The summed E-state index contributed by atoms with van der Waals surface area (Å²) in [4.78, 5) is 12.1. The molecule has 140 valence electrons. The van der Waals surface area contributed by atoms with Gasteiger partial charge in [0.2, 0.25) is 15.9 Å². The van der Waals surface area contributed by atoms with Crippen LogP contribution in [0.15, 0.2) is 42.5 Å². The van der Waals surface area contributed by atoms with Crippen LogP contribution >= 0.6 is 0 Å². The van der Waals surface area contributed by atoms with Gasteiger partial charge in [-0.3, -0.25) is 9.10 Å². The lowest BCUT2D eigenvalue weighted by atomic mass is 10.3. The number of anilines is 2. The van der Waals surface area contributed by atoms with Crippen LogP contribution in [0, 0.1) is 11.6 Å². The summed E-state index contributed by atoms with van der Waals surface area (Å²) in [5, 5.41) is 2.23. The summed E-state index contributed by atoms with van der Waals surface area (Å²) in [5.41, 5.74) is 0.0159. The van der Waals surface area contributed by atoms with Gasteiger partial charge in [-0.15, -0.1) is 0 Å². The summed E-state index contributed by atoms with van der Waals surface area (Å²) in [6.45, 7) is 1.71. The number of halogens is 2. The van der Waals surface area contributed by atoms with Crippen LogP contribution < -0.4 is 14.4 Å². The Balaban J connectivity index is 2.18. The Morgan fingerprint density at radius 2 is 1.81 bits per heavy atom. The van der Waals surface area contributed by atoms with E-state index in [-0.39, 0.29) is 11.4 Å². The van der Waals surface area contributed by atoms with E-state index in [9.17, 15) is 22.0 Å². The maximum Gasteiger partial charge on any atom is 0.245 e. The summed E-state index contributed by atoms with van der Waals surface area (Å²) in [5.74, 6) is -1.95. The van der Waals surface area contributed by atoms with E-state index in [2.05, 4.69) is 5.32 Å². The number of ether oxygens (including phenoxy) is 1. The number of carbonyl (C=O) groups excluding carboxylic acids is 1. The van der Waals surface area contributed by atoms with Gasteiger partial charge in [0.05, 0.1) is 24.2 Å². The van der Waals surface area contributed by atoms with Crippen LogP contribution in [-0.2, 0) is 14.8 Å². The maximum absolute atomic E-state index is 13.6. The fraction of sp³-hybridized carbons (Fsp3) is 0.235. The van der Waals surface area contributed by atoms with Gasteiger partial charge in [0, 0.05) is 6.07 Å². The predicted octanol–water partition coefficient (Wildman–Crippen LogP) is 2.77. The van der Waals surface area contributed by atoms with Crippen molar-refractivity contribution in [3.8, 4) is 5.75 Å². The third-order valence-electron chi connectivity index (χ3n) is 3.33. The number of hydrogen-bond donors (Lipinski definition) is 1. The highest BCUT2D eigenvalue weighted by atomic mass is 32.2. The minimum absolute atomic E-state index is 0.239. The number of carbonyl (C=O) groups is 1. The molecule has 0 fully saturated rings. The van der Waals surface area contributed by atoms with E-state index in [1.54, 1.807) is 12.1 Å². The highest BCUT2D eigenvalue weighted by Gasteiger charge is 2.21. The largest absolute Gasteiger partial charge is 0.494 e. The van der Waals surface area contributed by atoms with Crippen molar-refractivity contribution in [2.45, 2.75) is 6.92 Å². The van der Waals surface area contributed by atoms with Crippen molar-refractivity contribution in [1.82, 2.24) is 0 Å². The summed E-state index contributed by atoms with van der Waals surface area (Å²) in [6.07, 6.45) is 0.954. The van der Waals surface area contributed by atoms with Crippen molar-refractivity contribution in [2.24, 2.45) is 0 Å². The molecular weight excluding hydrogens is 366 g/mol. The summed E-state index contributed by atoms with van der Waals surface area (Å²) in [6, 6.07) is 8.82. The zero-order chi connectivity index (χ0) is 19.3. The molecule has 0 aliphatic rings. The van der Waals surface area contributed by atoms with E-state index in [1.807, 2.05) is 6.92 Å². The molecule has 0 saturated carbocycles. The molecule has 26 heavy (non-hydrogen) atoms. The highest BCUT2D eigenvalue weighted by Crippen LogP contribution is 2.22. The molecule has 0 atom stereocenters. The quantitative estimate of drug-likeness (QED) is 0.797. The molecule has 1 N–H and O–H groups in total. The van der Waals surface area contributed by atoms with Gasteiger partial charge in [-0.25, -0.2) is 17.2 Å². The van der Waals surface area contributed by atoms with Crippen LogP contribution in [0.3, 0.4) is 0 Å². The van der Waals surface area contributed by atoms with Gasteiger partial charge in [0.15, 0.2) is 0 Å². The van der Waals surface area contributed by atoms with Crippen molar-refractivity contribution < 1.29 is 26.7 Å². The zero-order valence-electron chi connectivity index (χ0n) is 14.2. The van der Waals surface area contributed by atoms with Gasteiger partial charge in [-0.1, -0.05) is 0 Å². The third kappa shape index (κ3) is 5.16. The molecule has 0 aromatic heterocycles. The van der Waals surface area contributed by atoms with Crippen LogP contribution in [0.5, 0.6) is 5.75 Å². The first kappa shape index (κ1) is 19.6. The molecule has 0 spiro atoms. The van der Waals surface area contributed by atoms with Crippen molar-refractivity contribution in [2.75, 3.05) is 29.0 Å². The topological polar surface area (TPSA) is 75.7 Å². The molecule has 0 aliphatic carbocycles. The first-order valence-corrected chi connectivity index (χ1v) is 9.51. The van der Waals surface area contributed by atoms with E-state index >= 15 is 0 Å².